The fourth-order valence-electron chi connectivity index (χ4n) is 3.14. The number of carbonyl (C=O) groups is 2. The molecule has 0 aliphatic rings. The summed E-state index contributed by atoms with van der Waals surface area (Å²) in [5, 5.41) is 9.96. The van der Waals surface area contributed by atoms with Crippen LogP contribution < -0.4 is 21.9 Å². The van der Waals surface area contributed by atoms with Crippen molar-refractivity contribution in [2.24, 2.45) is 5.73 Å². The molecule has 0 radical (unpaired) electrons. The summed E-state index contributed by atoms with van der Waals surface area (Å²) >= 11 is 0. The number of nitrogens with zero attached hydrogens (tertiary/aromatic N) is 2. The molecule has 0 aliphatic heterocycles. The number of anilines is 1. The van der Waals surface area contributed by atoms with Crippen molar-refractivity contribution in [2.45, 2.75) is 26.4 Å². The maximum Gasteiger partial charge on any atom is 0.411 e. The molecular weight excluding hydrogens is 422 g/mol. The predicted molar refractivity (Wildman–Crippen MR) is 126 cm³/mol. The minimum Gasteiger partial charge on any atom is -0.450 e. The zero-order chi connectivity index (χ0) is 23.6. The molecule has 33 heavy (non-hydrogen) atoms. The summed E-state index contributed by atoms with van der Waals surface area (Å²) in [6, 6.07) is 17.9. The van der Waals surface area contributed by atoms with E-state index in [1.54, 1.807) is 31.2 Å². The Kier molecular flexibility index (Phi) is 8.31. The third-order valence-electron chi connectivity index (χ3n) is 4.76. The summed E-state index contributed by atoms with van der Waals surface area (Å²) in [5.74, 6) is -0.0863. The third-order valence-corrected chi connectivity index (χ3v) is 4.76. The smallest absolute Gasteiger partial charge is 0.411 e. The lowest BCUT2D eigenvalue weighted by Gasteiger charge is -2.10. The van der Waals surface area contributed by atoms with Gasteiger partial charge in [0.15, 0.2) is 0 Å². The molecule has 172 valence electrons. The molecular formula is C24H27N5O4. The van der Waals surface area contributed by atoms with E-state index < -0.39 is 6.09 Å². The van der Waals surface area contributed by atoms with E-state index in [2.05, 4.69) is 15.7 Å². The van der Waals surface area contributed by atoms with Gasteiger partial charge >= 0.3 is 6.09 Å². The number of aromatic nitrogens is 2. The first-order chi connectivity index (χ1) is 16.0. The Bertz CT molecular complexity index is 1160. The maximum absolute atomic E-state index is 12.4. The molecule has 9 heteroatoms. The molecule has 9 nitrogen and oxygen atoms in total. The fourth-order valence-corrected chi connectivity index (χ4v) is 3.14. The maximum atomic E-state index is 12.4. The lowest BCUT2D eigenvalue weighted by molar-refractivity contribution is -0.121. The van der Waals surface area contributed by atoms with E-state index >= 15 is 0 Å². The minimum absolute atomic E-state index is 0.0863. The molecule has 0 fully saturated rings. The van der Waals surface area contributed by atoms with Crippen LogP contribution in [0.25, 0.3) is 11.3 Å². The van der Waals surface area contributed by atoms with Crippen LogP contribution >= 0.6 is 0 Å². The largest absolute Gasteiger partial charge is 0.450 e. The van der Waals surface area contributed by atoms with Crippen LogP contribution in [0.15, 0.2) is 65.5 Å². The molecule has 4 N–H and O–H groups in total. The van der Waals surface area contributed by atoms with Gasteiger partial charge in [0, 0.05) is 36.8 Å². The second-order valence-electron chi connectivity index (χ2n) is 7.27. The molecule has 0 saturated carbocycles. The molecule has 2 amide bonds. The fraction of sp³-hybridized carbons (Fsp3) is 0.250. The highest BCUT2D eigenvalue weighted by Crippen LogP contribution is 2.17. The van der Waals surface area contributed by atoms with Gasteiger partial charge in [0.25, 0.3) is 5.56 Å². The Labute approximate surface area is 191 Å². The average molecular weight is 450 g/mol. The van der Waals surface area contributed by atoms with Gasteiger partial charge in [-0.2, -0.15) is 5.10 Å². The van der Waals surface area contributed by atoms with Crippen molar-refractivity contribution < 1.29 is 14.3 Å². The summed E-state index contributed by atoms with van der Waals surface area (Å²) in [4.78, 5) is 35.6. The lowest BCUT2D eigenvalue weighted by atomic mass is 10.1. The molecule has 0 saturated heterocycles. The first kappa shape index (κ1) is 23.7. The van der Waals surface area contributed by atoms with E-state index in [9.17, 15) is 14.4 Å². The van der Waals surface area contributed by atoms with Crippen LogP contribution in [0.4, 0.5) is 10.5 Å². The monoisotopic (exact) mass is 449 g/mol. The van der Waals surface area contributed by atoms with E-state index in [-0.39, 0.29) is 24.6 Å². The Morgan fingerprint density at radius 2 is 1.85 bits per heavy atom. The molecule has 0 spiro atoms. The molecule has 2 aromatic carbocycles. The zero-order valence-electron chi connectivity index (χ0n) is 18.4. The van der Waals surface area contributed by atoms with E-state index in [1.165, 1.54) is 10.7 Å². The number of carbonyl (C=O) groups excluding carboxylic acids is 2. The van der Waals surface area contributed by atoms with Gasteiger partial charge in [0.1, 0.15) is 0 Å². The lowest BCUT2D eigenvalue weighted by Crippen LogP contribution is -2.25. The van der Waals surface area contributed by atoms with Gasteiger partial charge in [-0.3, -0.25) is 14.9 Å². The third kappa shape index (κ3) is 7.01. The Hall–Kier alpha value is -3.98. The Balaban J connectivity index is 1.72. The molecule has 3 rings (SSSR count). The van der Waals surface area contributed by atoms with Crippen LogP contribution in [0, 0.1) is 0 Å². The van der Waals surface area contributed by atoms with Crippen molar-refractivity contribution in [3.05, 3.63) is 82.1 Å². The second kappa shape index (κ2) is 11.6. The number of ether oxygens (including phenoxy) is 1. The van der Waals surface area contributed by atoms with Crippen molar-refractivity contribution in [1.29, 1.82) is 0 Å². The van der Waals surface area contributed by atoms with Crippen LogP contribution in [0.1, 0.15) is 24.5 Å². The van der Waals surface area contributed by atoms with E-state index in [0.29, 0.717) is 30.9 Å². The first-order valence-electron chi connectivity index (χ1n) is 10.7. The normalized spacial score (nSPS) is 10.5. The molecule has 0 aliphatic carbocycles. The first-order valence-corrected chi connectivity index (χ1v) is 10.7. The molecule has 0 unspecified atom stereocenters. The van der Waals surface area contributed by atoms with Crippen LogP contribution in [0.2, 0.25) is 0 Å². The molecule has 1 heterocycles. The summed E-state index contributed by atoms with van der Waals surface area (Å²) < 4.78 is 6.27. The molecule has 3 aromatic rings. The topological polar surface area (TPSA) is 128 Å². The Morgan fingerprint density at radius 3 is 2.58 bits per heavy atom. The predicted octanol–water partition coefficient (Wildman–Crippen LogP) is 2.49. The molecule has 1 aromatic heterocycles. The van der Waals surface area contributed by atoms with Crippen molar-refractivity contribution >= 4 is 17.7 Å². The zero-order valence-corrected chi connectivity index (χ0v) is 18.4. The highest BCUT2D eigenvalue weighted by molar-refractivity contribution is 5.84. The number of hydrogen-bond donors (Lipinski definition) is 3. The van der Waals surface area contributed by atoms with Crippen LogP contribution in [-0.4, -0.2) is 34.9 Å². The number of hydrogen-bond acceptors (Lipinski definition) is 6. The second-order valence-corrected chi connectivity index (χ2v) is 7.27. The Morgan fingerprint density at radius 1 is 1.06 bits per heavy atom. The van der Waals surface area contributed by atoms with Gasteiger partial charge in [0.05, 0.1) is 18.8 Å². The van der Waals surface area contributed by atoms with Crippen LogP contribution in [0.3, 0.4) is 0 Å². The van der Waals surface area contributed by atoms with E-state index in [0.717, 1.165) is 16.7 Å². The van der Waals surface area contributed by atoms with Gasteiger partial charge in [-0.05, 0) is 36.2 Å². The van der Waals surface area contributed by atoms with Crippen molar-refractivity contribution in [2.75, 3.05) is 18.5 Å². The number of nitrogens with one attached hydrogen (secondary N) is 2. The number of rotatable bonds is 9. The van der Waals surface area contributed by atoms with E-state index in [4.69, 9.17) is 10.5 Å². The minimum atomic E-state index is -0.533. The van der Waals surface area contributed by atoms with Crippen molar-refractivity contribution in [3.63, 3.8) is 0 Å². The van der Waals surface area contributed by atoms with Gasteiger partial charge in [-0.25, -0.2) is 9.48 Å². The number of benzene rings is 2. The molecule has 0 bridgehead atoms. The van der Waals surface area contributed by atoms with Gasteiger partial charge in [0.2, 0.25) is 5.91 Å². The number of amides is 2. The van der Waals surface area contributed by atoms with Crippen LogP contribution in [-0.2, 0) is 22.6 Å². The van der Waals surface area contributed by atoms with Crippen molar-refractivity contribution in [1.82, 2.24) is 15.1 Å². The quantitative estimate of drug-likeness (QED) is 0.460. The van der Waals surface area contributed by atoms with E-state index in [1.807, 2.05) is 30.3 Å². The standard InChI is InChI=1S/C24H27N5O4/c1-2-33-24(32)27-20-5-3-4-18(14-20)16-29-23(31)11-10-21(28-29)19-8-6-17(7-9-19)15-26-22(30)12-13-25/h3-11,14H,2,12-13,15-16,25H2,1H3,(H,26,30)(H,27,32). The van der Waals surface area contributed by atoms with Gasteiger partial charge in [-0.1, -0.05) is 36.4 Å². The van der Waals surface area contributed by atoms with Crippen molar-refractivity contribution in [3.8, 4) is 11.3 Å². The summed E-state index contributed by atoms with van der Waals surface area (Å²) in [5.41, 5.74) is 8.96. The summed E-state index contributed by atoms with van der Waals surface area (Å²) in [7, 11) is 0. The number of nitrogens with two attached hydrogens (primary N) is 1. The molecule has 0 atom stereocenters. The SMILES string of the molecule is CCOC(=O)Nc1cccc(Cn2nc(-c3ccc(CNC(=O)CCN)cc3)ccc2=O)c1. The highest BCUT2D eigenvalue weighted by Gasteiger charge is 2.07. The summed E-state index contributed by atoms with van der Waals surface area (Å²) in [6.07, 6.45) is -0.236. The van der Waals surface area contributed by atoms with Gasteiger partial charge in [-0.15, -0.1) is 0 Å². The van der Waals surface area contributed by atoms with Gasteiger partial charge < -0.3 is 15.8 Å². The highest BCUT2D eigenvalue weighted by atomic mass is 16.5. The van der Waals surface area contributed by atoms with Crippen LogP contribution in [0.5, 0.6) is 0 Å². The average Bonchev–Trinajstić information content (AvgIpc) is 2.80. The summed E-state index contributed by atoms with van der Waals surface area (Å²) in [6.45, 7) is 2.99.